The Balaban J connectivity index is 3.46. The summed E-state index contributed by atoms with van der Waals surface area (Å²) in [6, 6.07) is 9.16. The van der Waals surface area contributed by atoms with Gasteiger partial charge in [-0.3, -0.25) is 0 Å². The summed E-state index contributed by atoms with van der Waals surface area (Å²) in [7, 11) is -1.56. The Morgan fingerprint density at radius 3 is 1.71 bits per heavy atom. The number of rotatable bonds is 1. The molecule has 0 aliphatic heterocycles. The summed E-state index contributed by atoms with van der Waals surface area (Å²) in [6.45, 7) is 19.2. The summed E-state index contributed by atoms with van der Waals surface area (Å²) in [5.74, 6) is 0. The van der Waals surface area contributed by atoms with E-state index in [4.69, 9.17) is 0 Å². The molecule has 0 spiro atoms. The van der Waals surface area contributed by atoms with Crippen molar-refractivity contribution >= 4 is 13.3 Å². The molecule has 1 aromatic rings. The molecule has 0 saturated carbocycles. The van der Waals surface area contributed by atoms with Gasteiger partial charge >= 0.3 is 0 Å². The first kappa shape index (κ1) is 14.5. The lowest BCUT2D eigenvalue weighted by Gasteiger charge is -2.50. The molecular formula is C16H28Si. The maximum atomic E-state index is 2.54. The largest absolute Gasteiger partial charge is 0.0942 e. The molecule has 96 valence electrons. The lowest BCUT2D eigenvalue weighted by atomic mass is 10.2. The zero-order valence-corrected chi connectivity index (χ0v) is 13.8. The van der Waals surface area contributed by atoms with E-state index >= 15 is 0 Å². The molecule has 0 saturated heterocycles. The normalized spacial score (nSPS) is 13.9. The monoisotopic (exact) mass is 248 g/mol. The van der Waals surface area contributed by atoms with Crippen LogP contribution in [0.1, 0.15) is 47.1 Å². The minimum atomic E-state index is -1.56. The Morgan fingerprint density at radius 2 is 1.35 bits per heavy atom. The molecule has 17 heavy (non-hydrogen) atoms. The fourth-order valence-electron chi connectivity index (χ4n) is 2.95. The number of hydrogen-bond acceptors (Lipinski definition) is 0. The molecule has 0 heterocycles. The van der Waals surface area contributed by atoms with Crippen LogP contribution in [0.15, 0.2) is 24.3 Å². The molecule has 1 rings (SSSR count). The van der Waals surface area contributed by atoms with Gasteiger partial charge in [-0.15, -0.1) is 0 Å². The maximum absolute atomic E-state index is 2.54. The predicted molar refractivity (Wildman–Crippen MR) is 81.9 cm³/mol. The number of aryl methyl sites for hydroxylation is 1. The summed E-state index contributed by atoms with van der Waals surface area (Å²) in [5.41, 5.74) is 1.38. The maximum Gasteiger partial charge on any atom is 0.0942 e. The van der Waals surface area contributed by atoms with Crippen LogP contribution in [0.5, 0.6) is 0 Å². The van der Waals surface area contributed by atoms with E-state index in [1.807, 2.05) is 0 Å². The van der Waals surface area contributed by atoms with Crippen molar-refractivity contribution in [2.75, 3.05) is 0 Å². The van der Waals surface area contributed by atoms with E-state index in [1.165, 1.54) is 5.56 Å². The number of benzene rings is 1. The second kappa shape index (κ2) is 4.27. The van der Waals surface area contributed by atoms with E-state index in [1.54, 1.807) is 5.19 Å². The molecule has 0 fully saturated rings. The highest BCUT2D eigenvalue weighted by atomic mass is 28.3. The minimum Gasteiger partial charge on any atom is -0.0645 e. The van der Waals surface area contributed by atoms with Crippen LogP contribution in [0.3, 0.4) is 0 Å². The SMILES string of the molecule is Cc1cccc([Si](C)(C(C)(C)C)C(C)(C)C)c1. The van der Waals surface area contributed by atoms with Gasteiger partial charge in [0, 0.05) is 0 Å². The van der Waals surface area contributed by atoms with E-state index in [-0.39, 0.29) is 0 Å². The number of hydrogen-bond donors (Lipinski definition) is 0. The van der Waals surface area contributed by atoms with Crippen molar-refractivity contribution in [2.24, 2.45) is 0 Å². The lowest BCUT2D eigenvalue weighted by molar-refractivity contribution is 0.629. The summed E-state index contributed by atoms with van der Waals surface area (Å²) in [6.07, 6.45) is 0. The first-order valence-electron chi connectivity index (χ1n) is 6.57. The van der Waals surface area contributed by atoms with E-state index in [0.717, 1.165) is 0 Å². The molecule has 0 aliphatic carbocycles. The van der Waals surface area contributed by atoms with Gasteiger partial charge in [-0.2, -0.15) is 0 Å². The van der Waals surface area contributed by atoms with Gasteiger partial charge in [-0.25, -0.2) is 0 Å². The van der Waals surface area contributed by atoms with E-state index in [2.05, 4.69) is 79.3 Å². The lowest BCUT2D eigenvalue weighted by Crippen LogP contribution is -2.58. The van der Waals surface area contributed by atoms with E-state index < -0.39 is 8.07 Å². The average molecular weight is 248 g/mol. The van der Waals surface area contributed by atoms with Crippen molar-refractivity contribution in [1.82, 2.24) is 0 Å². The van der Waals surface area contributed by atoms with Crippen molar-refractivity contribution in [3.05, 3.63) is 29.8 Å². The van der Waals surface area contributed by atoms with Gasteiger partial charge in [-0.1, -0.05) is 83.1 Å². The summed E-state index contributed by atoms with van der Waals surface area (Å²) in [4.78, 5) is 0. The summed E-state index contributed by atoms with van der Waals surface area (Å²) in [5, 5.41) is 2.34. The zero-order valence-electron chi connectivity index (χ0n) is 12.8. The Labute approximate surface area is 108 Å². The van der Waals surface area contributed by atoms with Gasteiger partial charge in [0.05, 0.1) is 8.07 Å². The van der Waals surface area contributed by atoms with Crippen LogP contribution in [0.4, 0.5) is 0 Å². The molecule has 0 amide bonds. The van der Waals surface area contributed by atoms with Crippen LogP contribution in [0, 0.1) is 6.92 Å². The van der Waals surface area contributed by atoms with Crippen LogP contribution >= 0.6 is 0 Å². The molecule has 0 nitrogen and oxygen atoms in total. The van der Waals surface area contributed by atoms with Crippen molar-refractivity contribution in [3.8, 4) is 0 Å². The Bertz CT molecular complexity index is 377. The summed E-state index contributed by atoms with van der Waals surface area (Å²) >= 11 is 0. The second-order valence-electron chi connectivity index (χ2n) is 7.49. The van der Waals surface area contributed by atoms with Crippen molar-refractivity contribution in [1.29, 1.82) is 0 Å². The highest BCUT2D eigenvalue weighted by Gasteiger charge is 2.49. The molecular weight excluding hydrogens is 220 g/mol. The van der Waals surface area contributed by atoms with Crippen molar-refractivity contribution in [3.63, 3.8) is 0 Å². The van der Waals surface area contributed by atoms with Gasteiger partial charge in [0.2, 0.25) is 0 Å². The Morgan fingerprint density at radius 1 is 0.882 bits per heavy atom. The van der Waals surface area contributed by atoms with Crippen LogP contribution < -0.4 is 5.19 Å². The Kier molecular flexibility index (Phi) is 3.64. The quantitative estimate of drug-likeness (QED) is 0.621. The molecule has 1 aromatic carbocycles. The highest BCUT2D eigenvalue weighted by Crippen LogP contribution is 2.50. The van der Waals surface area contributed by atoms with Gasteiger partial charge in [-0.05, 0) is 17.0 Å². The molecule has 0 radical (unpaired) electrons. The molecule has 0 unspecified atom stereocenters. The topological polar surface area (TPSA) is 0 Å². The molecule has 0 aliphatic rings. The highest BCUT2D eigenvalue weighted by molar-refractivity contribution is 6.95. The molecule has 0 N–H and O–H groups in total. The fraction of sp³-hybridized carbons (Fsp3) is 0.625. The van der Waals surface area contributed by atoms with E-state index in [9.17, 15) is 0 Å². The Hall–Kier alpha value is -0.563. The van der Waals surface area contributed by atoms with Gasteiger partial charge < -0.3 is 0 Å². The molecule has 0 atom stereocenters. The van der Waals surface area contributed by atoms with Gasteiger partial charge in [0.25, 0.3) is 0 Å². The molecule has 1 heteroatoms. The van der Waals surface area contributed by atoms with Crippen molar-refractivity contribution < 1.29 is 0 Å². The van der Waals surface area contributed by atoms with Crippen LogP contribution in [-0.4, -0.2) is 8.07 Å². The van der Waals surface area contributed by atoms with Gasteiger partial charge in [0.15, 0.2) is 0 Å². The third kappa shape index (κ3) is 2.49. The molecule has 0 aromatic heterocycles. The minimum absolute atomic E-state index is 0.374. The fourth-order valence-corrected chi connectivity index (χ4v) is 7.88. The predicted octanol–water partition coefficient (Wildman–Crippen LogP) is 4.88. The average Bonchev–Trinajstić information content (AvgIpc) is 2.12. The third-order valence-electron chi connectivity index (χ3n) is 4.60. The van der Waals surface area contributed by atoms with Crippen LogP contribution in [0.25, 0.3) is 0 Å². The van der Waals surface area contributed by atoms with Gasteiger partial charge in [0.1, 0.15) is 0 Å². The van der Waals surface area contributed by atoms with Crippen LogP contribution in [-0.2, 0) is 0 Å². The van der Waals surface area contributed by atoms with Crippen LogP contribution in [0.2, 0.25) is 16.6 Å². The first-order chi connectivity index (χ1) is 7.50. The van der Waals surface area contributed by atoms with Crippen molar-refractivity contribution in [2.45, 2.75) is 65.1 Å². The standard InChI is InChI=1S/C16H28Si/c1-13-10-9-11-14(12-13)17(8,15(2,3)4)16(5,6)7/h9-12H,1-8H3. The first-order valence-corrected chi connectivity index (χ1v) is 9.07. The summed E-state index contributed by atoms with van der Waals surface area (Å²) < 4.78 is 0. The second-order valence-corrected chi connectivity index (χ2v) is 13.3. The molecule has 0 bridgehead atoms. The third-order valence-corrected chi connectivity index (χ3v) is 12.1. The zero-order chi connectivity index (χ0) is 13.5. The smallest absolute Gasteiger partial charge is 0.0645 e. The van der Waals surface area contributed by atoms with E-state index in [0.29, 0.717) is 10.1 Å².